The Morgan fingerprint density at radius 3 is 2.71 bits per heavy atom. The summed E-state index contributed by atoms with van der Waals surface area (Å²) in [5.74, 6) is 0.262. The minimum atomic E-state index is -0.235. The molecular weight excluding hydrogens is 370 g/mol. The molecule has 6 nitrogen and oxygen atoms in total. The molecule has 1 aliphatic rings. The Labute approximate surface area is 167 Å². The van der Waals surface area contributed by atoms with Crippen molar-refractivity contribution in [2.75, 3.05) is 10.6 Å². The van der Waals surface area contributed by atoms with Crippen LogP contribution in [0.2, 0.25) is 0 Å². The SMILES string of the molecule is Cc1cc(C)nc(Nc2cccc(C(=O)Nc3sc4c(c3C#N)CCC4)c2)n1. The molecule has 0 aliphatic heterocycles. The summed E-state index contributed by atoms with van der Waals surface area (Å²) in [6.45, 7) is 3.82. The largest absolute Gasteiger partial charge is 0.324 e. The molecule has 0 saturated heterocycles. The molecule has 0 saturated carbocycles. The van der Waals surface area contributed by atoms with Crippen molar-refractivity contribution < 1.29 is 4.79 Å². The molecule has 7 heteroatoms. The first-order valence-corrected chi connectivity index (χ1v) is 9.90. The summed E-state index contributed by atoms with van der Waals surface area (Å²) >= 11 is 1.52. The van der Waals surface area contributed by atoms with Gasteiger partial charge in [0.25, 0.3) is 5.91 Å². The van der Waals surface area contributed by atoms with Crippen molar-refractivity contribution in [3.63, 3.8) is 0 Å². The standard InChI is InChI=1S/C21H19N5OS/c1-12-9-13(2)24-21(23-12)25-15-6-3-5-14(10-15)19(27)26-20-17(11-22)16-7-4-8-18(16)28-20/h3,5-6,9-10H,4,7-8H2,1-2H3,(H,26,27)(H,23,24,25). The maximum atomic E-state index is 12.7. The maximum Gasteiger partial charge on any atom is 0.256 e. The van der Waals surface area contributed by atoms with Gasteiger partial charge in [0.15, 0.2) is 0 Å². The molecule has 1 aromatic carbocycles. The second-order valence-corrected chi connectivity index (χ2v) is 7.91. The van der Waals surface area contributed by atoms with Crippen LogP contribution >= 0.6 is 11.3 Å². The van der Waals surface area contributed by atoms with Crippen LogP contribution in [0.3, 0.4) is 0 Å². The number of hydrogen-bond donors (Lipinski definition) is 2. The van der Waals surface area contributed by atoms with Crippen molar-refractivity contribution in [1.29, 1.82) is 5.26 Å². The Kier molecular flexibility index (Phi) is 4.80. The van der Waals surface area contributed by atoms with E-state index in [0.717, 1.165) is 41.9 Å². The Hall–Kier alpha value is -3.24. The van der Waals surface area contributed by atoms with Crippen molar-refractivity contribution in [3.8, 4) is 6.07 Å². The van der Waals surface area contributed by atoms with Crippen LogP contribution < -0.4 is 10.6 Å². The van der Waals surface area contributed by atoms with Gasteiger partial charge in [-0.15, -0.1) is 11.3 Å². The number of rotatable bonds is 4. The van der Waals surface area contributed by atoms with Crippen LogP contribution in [-0.4, -0.2) is 15.9 Å². The highest BCUT2D eigenvalue weighted by Gasteiger charge is 2.23. The molecule has 2 heterocycles. The number of aryl methyl sites for hydroxylation is 3. The number of nitrogens with one attached hydrogen (secondary N) is 2. The number of aromatic nitrogens is 2. The van der Waals surface area contributed by atoms with E-state index in [-0.39, 0.29) is 5.91 Å². The van der Waals surface area contributed by atoms with E-state index in [9.17, 15) is 10.1 Å². The van der Waals surface area contributed by atoms with Crippen LogP contribution in [0.4, 0.5) is 16.6 Å². The third-order valence-corrected chi connectivity index (χ3v) is 5.83. The van der Waals surface area contributed by atoms with E-state index in [4.69, 9.17) is 0 Å². The summed E-state index contributed by atoms with van der Waals surface area (Å²) in [6.07, 6.45) is 2.98. The zero-order valence-electron chi connectivity index (χ0n) is 15.7. The Balaban J connectivity index is 1.54. The van der Waals surface area contributed by atoms with E-state index >= 15 is 0 Å². The summed E-state index contributed by atoms with van der Waals surface area (Å²) in [6, 6.07) is 11.3. The Morgan fingerprint density at radius 2 is 1.96 bits per heavy atom. The van der Waals surface area contributed by atoms with Crippen LogP contribution in [-0.2, 0) is 12.8 Å². The van der Waals surface area contributed by atoms with Crippen molar-refractivity contribution in [1.82, 2.24) is 9.97 Å². The second-order valence-electron chi connectivity index (χ2n) is 6.81. The normalized spacial score (nSPS) is 12.3. The third-order valence-electron chi connectivity index (χ3n) is 4.62. The predicted octanol–water partition coefficient (Wildman–Crippen LogP) is 4.51. The highest BCUT2D eigenvalue weighted by Crippen LogP contribution is 2.38. The lowest BCUT2D eigenvalue weighted by molar-refractivity contribution is 0.102. The molecule has 3 aromatic rings. The van der Waals surface area contributed by atoms with Gasteiger partial charge in [-0.05, 0) is 62.9 Å². The van der Waals surface area contributed by atoms with Crippen molar-refractivity contribution in [3.05, 3.63) is 63.3 Å². The first kappa shape index (κ1) is 18.1. The summed E-state index contributed by atoms with van der Waals surface area (Å²) in [7, 11) is 0. The van der Waals surface area contributed by atoms with Crippen LogP contribution in [0.15, 0.2) is 30.3 Å². The number of nitriles is 1. The van der Waals surface area contributed by atoms with Gasteiger partial charge in [0, 0.05) is 27.5 Å². The average Bonchev–Trinajstić information content (AvgIpc) is 3.21. The van der Waals surface area contributed by atoms with Gasteiger partial charge in [-0.2, -0.15) is 5.26 Å². The molecule has 4 rings (SSSR count). The van der Waals surface area contributed by atoms with Crippen LogP contribution in [0.5, 0.6) is 0 Å². The van der Waals surface area contributed by atoms with Crippen molar-refractivity contribution in [2.24, 2.45) is 0 Å². The smallest absolute Gasteiger partial charge is 0.256 e. The van der Waals surface area contributed by atoms with Gasteiger partial charge >= 0.3 is 0 Å². The quantitative estimate of drug-likeness (QED) is 0.685. The minimum absolute atomic E-state index is 0.235. The average molecular weight is 389 g/mol. The Bertz CT molecular complexity index is 1090. The molecule has 1 amide bonds. The third kappa shape index (κ3) is 3.59. The molecule has 0 radical (unpaired) electrons. The zero-order chi connectivity index (χ0) is 19.7. The maximum absolute atomic E-state index is 12.7. The van der Waals surface area contributed by atoms with E-state index in [2.05, 4.69) is 26.7 Å². The number of thiophene rings is 1. The predicted molar refractivity (Wildman–Crippen MR) is 110 cm³/mol. The molecule has 140 valence electrons. The van der Waals surface area contributed by atoms with E-state index in [1.807, 2.05) is 26.0 Å². The number of hydrogen-bond acceptors (Lipinski definition) is 6. The van der Waals surface area contributed by atoms with Crippen LogP contribution in [0.1, 0.15) is 44.2 Å². The fourth-order valence-corrected chi connectivity index (χ4v) is 4.67. The van der Waals surface area contributed by atoms with Gasteiger partial charge in [-0.25, -0.2) is 9.97 Å². The first-order chi connectivity index (χ1) is 13.5. The van der Waals surface area contributed by atoms with Gasteiger partial charge in [-0.3, -0.25) is 4.79 Å². The van der Waals surface area contributed by atoms with Gasteiger partial charge in [0.05, 0.1) is 5.56 Å². The van der Waals surface area contributed by atoms with E-state index in [1.165, 1.54) is 16.2 Å². The molecule has 0 fully saturated rings. The van der Waals surface area contributed by atoms with Crippen molar-refractivity contribution in [2.45, 2.75) is 33.1 Å². The molecule has 0 bridgehead atoms. The molecule has 2 aromatic heterocycles. The van der Waals surface area contributed by atoms with E-state index in [1.54, 1.807) is 18.2 Å². The van der Waals surface area contributed by atoms with Crippen molar-refractivity contribution >= 4 is 33.9 Å². The van der Waals surface area contributed by atoms with Crippen LogP contribution in [0, 0.1) is 25.2 Å². The number of nitrogens with zero attached hydrogens (tertiary/aromatic N) is 3. The zero-order valence-corrected chi connectivity index (χ0v) is 16.5. The van der Waals surface area contributed by atoms with Gasteiger partial charge in [0.2, 0.25) is 5.95 Å². The lowest BCUT2D eigenvalue weighted by Crippen LogP contribution is -2.12. The highest BCUT2D eigenvalue weighted by molar-refractivity contribution is 7.16. The fraction of sp³-hybridized carbons (Fsp3) is 0.238. The van der Waals surface area contributed by atoms with Gasteiger partial charge in [0.1, 0.15) is 11.1 Å². The highest BCUT2D eigenvalue weighted by atomic mass is 32.1. The van der Waals surface area contributed by atoms with Gasteiger partial charge in [-0.1, -0.05) is 6.07 Å². The first-order valence-electron chi connectivity index (χ1n) is 9.09. The van der Waals surface area contributed by atoms with Gasteiger partial charge < -0.3 is 10.6 Å². The summed E-state index contributed by atoms with van der Waals surface area (Å²) < 4.78 is 0. The number of amides is 1. The molecule has 0 unspecified atom stereocenters. The second kappa shape index (κ2) is 7.41. The summed E-state index contributed by atoms with van der Waals surface area (Å²) in [5.41, 5.74) is 4.70. The monoisotopic (exact) mass is 389 g/mol. The molecule has 0 spiro atoms. The number of carbonyl (C=O) groups is 1. The summed E-state index contributed by atoms with van der Waals surface area (Å²) in [4.78, 5) is 22.7. The molecule has 28 heavy (non-hydrogen) atoms. The van der Waals surface area contributed by atoms with E-state index in [0.29, 0.717) is 22.1 Å². The number of anilines is 3. The number of carbonyl (C=O) groups excluding carboxylic acids is 1. The summed E-state index contributed by atoms with van der Waals surface area (Å²) in [5, 5.41) is 16.2. The fourth-order valence-electron chi connectivity index (χ4n) is 3.44. The molecule has 2 N–H and O–H groups in total. The number of fused-ring (bicyclic) bond motifs is 1. The van der Waals surface area contributed by atoms with E-state index < -0.39 is 0 Å². The topological polar surface area (TPSA) is 90.7 Å². The molecular formula is C21H19N5OS. The Morgan fingerprint density at radius 1 is 1.18 bits per heavy atom. The lowest BCUT2D eigenvalue weighted by Gasteiger charge is -2.09. The minimum Gasteiger partial charge on any atom is -0.324 e. The molecule has 0 atom stereocenters. The number of benzene rings is 1. The lowest BCUT2D eigenvalue weighted by atomic mass is 10.1. The molecule has 1 aliphatic carbocycles. The van der Waals surface area contributed by atoms with Crippen LogP contribution in [0.25, 0.3) is 0 Å².